The van der Waals surface area contributed by atoms with E-state index in [1.54, 1.807) is 11.3 Å². The van der Waals surface area contributed by atoms with Gasteiger partial charge in [-0.1, -0.05) is 60.9 Å². The molecule has 3 heterocycles. The molecule has 1 aromatic carbocycles. The minimum Gasteiger partial charge on any atom is -0.365 e. The van der Waals surface area contributed by atoms with E-state index in [1.807, 2.05) is 0 Å². The van der Waals surface area contributed by atoms with Crippen LogP contribution in [0.25, 0.3) is 16.2 Å². The summed E-state index contributed by atoms with van der Waals surface area (Å²) in [4.78, 5) is 10.7. The monoisotopic (exact) mass is 396 g/mol. The summed E-state index contributed by atoms with van der Waals surface area (Å²) in [5, 5.41) is 9.89. The molecule has 1 saturated carbocycles. The lowest BCUT2D eigenvalue weighted by Gasteiger charge is -2.31. The average Bonchev–Trinajstić information content (AvgIpc) is 3.29. The molecule has 7 heteroatoms. The molecule has 2 fully saturated rings. The quantitative estimate of drug-likeness (QED) is 0.723. The van der Waals surface area contributed by atoms with Gasteiger partial charge in [0, 0.05) is 37.8 Å². The van der Waals surface area contributed by atoms with Crippen LogP contribution in [-0.4, -0.2) is 58.8 Å². The first-order valence-electron chi connectivity index (χ1n) is 10.4. The molecule has 3 aromatic rings. The Labute approximate surface area is 170 Å². The summed E-state index contributed by atoms with van der Waals surface area (Å²) < 4.78 is 2.05. The van der Waals surface area contributed by atoms with Crippen molar-refractivity contribution in [2.45, 2.75) is 38.1 Å². The van der Waals surface area contributed by atoms with Crippen LogP contribution in [0.5, 0.6) is 0 Å². The van der Waals surface area contributed by atoms with Gasteiger partial charge < -0.3 is 15.1 Å². The number of likely N-dealkylation sites (N-methyl/N-ethyl adjacent to an activating group) is 1. The highest BCUT2D eigenvalue weighted by molar-refractivity contribution is 7.20. The summed E-state index contributed by atoms with van der Waals surface area (Å²) in [7, 11) is 2.18. The maximum atomic E-state index is 5.00. The molecule has 148 valence electrons. The number of imidazole rings is 1. The van der Waals surface area contributed by atoms with E-state index in [0.29, 0.717) is 6.04 Å². The second kappa shape index (κ2) is 7.72. The van der Waals surface area contributed by atoms with E-state index in [1.165, 1.54) is 32.1 Å². The summed E-state index contributed by atoms with van der Waals surface area (Å²) in [5.74, 6) is 1.06. The summed E-state index contributed by atoms with van der Waals surface area (Å²) in [6.07, 6.45) is 6.44. The van der Waals surface area contributed by atoms with Crippen molar-refractivity contribution < 1.29 is 0 Å². The molecule has 0 bridgehead atoms. The molecule has 5 rings (SSSR count). The number of rotatable bonds is 4. The summed E-state index contributed by atoms with van der Waals surface area (Å²) in [5.41, 5.74) is 2.18. The summed E-state index contributed by atoms with van der Waals surface area (Å²) in [6.45, 7) is 4.24. The van der Waals surface area contributed by atoms with E-state index in [0.717, 1.165) is 53.3 Å². The fourth-order valence-electron chi connectivity index (χ4n) is 4.23. The molecule has 1 aliphatic carbocycles. The molecule has 1 saturated heterocycles. The van der Waals surface area contributed by atoms with E-state index < -0.39 is 0 Å². The predicted octanol–water partition coefficient (Wildman–Crippen LogP) is 3.95. The largest absolute Gasteiger partial charge is 0.365 e. The Morgan fingerprint density at radius 2 is 1.75 bits per heavy atom. The highest BCUT2D eigenvalue weighted by Crippen LogP contribution is 2.35. The second-order valence-electron chi connectivity index (χ2n) is 8.02. The van der Waals surface area contributed by atoms with E-state index in [4.69, 9.17) is 10.1 Å². The number of nitrogens with one attached hydrogen (secondary N) is 1. The molecule has 0 atom stereocenters. The van der Waals surface area contributed by atoms with Gasteiger partial charge in [-0.05, 0) is 19.9 Å². The maximum absolute atomic E-state index is 5.00. The summed E-state index contributed by atoms with van der Waals surface area (Å²) in [6, 6.07) is 11.0. The predicted molar refractivity (Wildman–Crippen MR) is 117 cm³/mol. The molecule has 6 nitrogen and oxygen atoms in total. The van der Waals surface area contributed by atoms with Gasteiger partial charge in [-0.15, -0.1) is 5.10 Å². The molecule has 0 radical (unpaired) electrons. The van der Waals surface area contributed by atoms with Crippen LogP contribution in [0, 0.1) is 0 Å². The molecule has 2 aliphatic rings. The van der Waals surface area contributed by atoms with E-state index >= 15 is 0 Å². The van der Waals surface area contributed by atoms with Crippen molar-refractivity contribution in [3.05, 3.63) is 30.3 Å². The van der Waals surface area contributed by atoms with Crippen LogP contribution in [0.1, 0.15) is 32.1 Å². The molecule has 1 N–H and O–H groups in total. The van der Waals surface area contributed by atoms with E-state index in [-0.39, 0.29) is 0 Å². The minimum atomic E-state index is 0.518. The van der Waals surface area contributed by atoms with Crippen LogP contribution < -0.4 is 10.2 Å². The second-order valence-corrected chi connectivity index (χ2v) is 8.96. The molecule has 0 spiro atoms. The molecular formula is C21H28N6S. The smallest absolute Gasteiger partial charge is 0.216 e. The molecule has 1 aliphatic heterocycles. The Balaban J connectivity index is 1.51. The van der Waals surface area contributed by atoms with Crippen molar-refractivity contribution in [1.29, 1.82) is 0 Å². The van der Waals surface area contributed by atoms with Gasteiger partial charge in [0.1, 0.15) is 5.69 Å². The van der Waals surface area contributed by atoms with Crippen LogP contribution in [0.15, 0.2) is 30.3 Å². The lowest BCUT2D eigenvalue weighted by molar-refractivity contribution is 0.312. The summed E-state index contributed by atoms with van der Waals surface area (Å²) >= 11 is 1.70. The standard InChI is InChI=1S/C21H28N6S/c1-25-12-14-26(15-13-25)21-24-27-19(22-17-10-6-3-7-11-17)18(23-20(27)28-21)16-8-4-2-5-9-16/h2,4-5,8-9,17,22H,3,6-7,10-15H2,1H3. The highest BCUT2D eigenvalue weighted by atomic mass is 32.1. The van der Waals surface area contributed by atoms with Crippen LogP contribution >= 0.6 is 11.3 Å². The Bertz CT molecular complexity index is 919. The van der Waals surface area contributed by atoms with Crippen molar-refractivity contribution in [2.24, 2.45) is 0 Å². The molecule has 28 heavy (non-hydrogen) atoms. The number of fused-ring (bicyclic) bond motifs is 1. The number of nitrogens with zero attached hydrogens (tertiary/aromatic N) is 5. The zero-order chi connectivity index (χ0) is 18.9. The number of piperazine rings is 1. The van der Waals surface area contributed by atoms with Gasteiger partial charge in [0.15, 0.2) is 5.82 Å². The molecule has 0 unspecified atom stereocenters. The van der Waals surface area contributed by atoms with Gasteiger partial charge in [-0.2, -0.15) is 4.52 Å². The van der Waals surface area contributed by atoms with E-state index in [9.17, 15) is 0 Å². The van der Waals surface area contributed by atoms with Crippen LogP contribution in [-0.2, 0) is 0 Å². The van der Waals surface area contributed by atoms with Crippen LogP contribution in [0.3, 0.4) is 0 Å². The number of aromatic nitrogens is 3. The Hall–Kier alpha value is -2.12. The van der Waals surface area contributed by atoms with Crippen molar-refractivity contribution in [2.75, 3.05) is 43.4 Å². The van der Waals surface area contributed by atoms with Gasteiger partial charge in [0.25, 0.3) is 0 Å². The van der Waals surface area contributed by atoms with Crippen molar-refractivity contribution >= 4 is 27.2 Å². The number of hydrogen-bond acceptors (Lipinski definition) is 6. The SMILES string of the molecule is CN1CCN(c2nn3c(NC4CCCCC4)c(-c4ccccc4)nc3s2)CC1. The average molecular weight is 397 g/mol. The van der Waals surface area contributed by atoms with Gasteiger partial charge in [-0.25, -0.2) is 4.98 Å². The first kappa shape index (κ1) is 17.9. The van der Waals surface area contributed by atoms with Crippen molar-refractivity contribution in [3.8, 4) is 11.3 Å². The fraction of sp³-hybridized carbons (Fsp3) is 0.524. The lowest BCUT2D eigenvalue weighted by atomic mass is 9.95. The molecule has 2 aromatic heterocycles. The fourth-order valence-corrected chi connectivity index (χ4v) is 5.18. The van der Waals surface area contributed by atoms with Crippen LogP contribution in [0.2, 0.25) is 0 Å². The third-order valence-corrected chi connectivity index (χ3v) is 6.93. The number of anilines is 2. The Morgan fingerprint density at radius 1 is 1.00 bits per heavy atom. The van der Waals surface area contributed by atoms with E-state index in [2.05, 4.69) is 57.0 Å². The lowest BCUT2D eigenvalue weighted by Crippen LogP contribution is -2.44. The zero-order valence-corrected chi connectivity index (χ0v) is 17.3. The van der Waals surface area contributed by atoms with Crippen molar-refractivity contribution in [1.82, 2.24) is 19.5 Å². The Morgan fingerprint density at radius 3 is 2.50 bits per heavy atom. The van der Waals surface area contributed by atoms with Gasteiger partial charge in [0.05, 0.1) is 0 Å². The maximum Gasteiger partial charge on any atom is 0.216 e. The zero-order valence-electron chi connectivity index (χ0n) is 16.5. The number of benzene rings is 1. The third-order valence-electron chi connectivity index (χ3n) is 5.96. The highest BCUT2D eigenvalue weighted by Gasteiger charge is 2.24. The minimum absolute atomic E-state index is 0.518. The Kier molecular flexibility index (Phi) is 4.94. The normalized spacial score (nSPS) is 19.4. The third kappa shape index (κ3) is 3.49. The number of hydrogen-bond donors (Lipinski definition) is 1. The molecule has 0 amide bonds. The molecular weight excluding hydrogens is 368 g/mol. The van der Waals surface area contributed by atoms with Crippen LogP contribution in [0.4, 0.5) is 10.9 Å². The first-order valence-corrected chi connectivity index (χ1v) is 11.2. The van der Waals surface area contributed by atoms with Gasteiger partial charge in [-0.3, -0.25) is 0 Å². The van der Waals surface area contributed by atoms with Gasteiger partial charge >= 0.3 is 0 Å². The van der Waals surface area contributed by atoms with Crippen molar-refractivity contribution in [3.63, 3.8) is 0 Å². The topological polar surface area (TPSA) is 48.7 Å². The first-order chi connectivity index (χ1) is 13.8. The van der Waals surface area contributed by atoms with Gasteiger partial charge in [0.2, 0.25) is 10.1 Å².